The lowest BCUT2D eigenvalue weighted by molar-refractivity contribution is -0.131. The minimum Gasteiger partial charge on any atom is -0.322 e. The van der Waals surface area contributed by atoms with Crippen molar-refractivity contribution >= 4 is 47.2 Å². The molecular formula is C27H23N5O5. The van der Waals surface area contributed by atoms with Crippen molar-refractivity contribution in [3.8, 4) is 0 Å². The van der Waals surface area contributed by atoms with Crippen LogP contribution in [0.25, 0.3) is 0 Å². The number of nitrogens with one attached hydrogen (secondary N) is 3. The van der Waals surface area contributed by atoms with Gasteiger partial charge < -0.3 is 5.32 Å². The van der Waals surface area contributed by atoms with Gasteiger partial charge in [0.15, 0.2) is 5.92 Å². The van der Waals surface area contributed by atoms with Gasteiger partial charge in [-0.1, -0.05) is 35.9 Å². The molecule has 37 heavy (non-hydrogen) atoms. The summed E-state index contributed by atoms with van der Waals surface area (Å²) in [5, 5.41) is 8.63. The smallest absolute Gasteiger partial charge is 0.322 e. The average Bonchev–Trinajstić information content (AvgIpc) is 2.87. The van der Waals surface area contributed by atoms with Crippen molar-refractivity contribution in [1.82, 2.24) is 10.7 Å². The minimum atomic E-state index is -1.41. The number of rotatable bonds is 6. The molecule has 10 heteroatoms. The maximum absolute atomic E-state index is 12.9. The van der Waals surface area contributed by atoms with Crippen molar-refractivity contribution in [1.29, 1.82) is 0 Å². The van der Waals surface area contributed by atoms with Crippen LogP contribution in [0.15, 0.2) is 77.9 Å². The van der Waals surface area contributed by atoms with E-state index in [9.17, 15) is 24.0 Å². The van der Waals surface area contributed by atoms with E-state index < -0.39 is 29.7 Å². The maximum Gasteiger partial charge on any atom is 0.335 e. The Bertz CT molecular complexity index is 1410. The first-order chi connectivity index (χ1) is 17.7. The summed E-state index contributed by atoms with van der Waals surface area (Å²) in [5.74, 6) is -3.91. The number of urea groups is 1. The fourth-order valence-corrected chi connectivity index (χ4v) is 3.61. The van der Waals surface area contributed by atoms with Crippen LogP contribution in [-0.4, -0.2) is 35.9 Å². The van der Waals surface area contributed by atoms with Crippen LogP contribution in [0.3, 0.4) is 0 Å². The molecule has 1 saturated heterocycles. The molecule has 6 amide bonds. The summed E-state index contributed by atoms with van der Waals surface area (Å²) in [6.45, 7) is 3.66. The van der Waals surface area contributed by atoms with Crippen LogP contribution in [0.2, 0.25) is 0 Å². The number of aryl methyl sites for hydroxylation is 2. The van der Waals surface area contributed by atoms with E-state index in [1.54, 1.807) is 55.5 Å². The first-order valence-electron chi connectivity index (χ1n) is 11.3. The number of hydrazone groups is 1. The lowest BCUT2D eigenvalue weighted by atomic mass is 10.0. The van der Waals surface area contributed by atoms with E-state index in [1.807, 2.05) is 19.1 Å². The Hall–Kier alpha value is -5.12. The zero-order chi connectivity index (χ0) is 26.5. The van der Waals surface area contributed by atoms with Crippen LogP contribution < -0.4 is 21.0 Å². The number of benzene rings is 3. The normalized spacial score (nSPS) is 15.5. The fourth-order valence-electron chi connectivity index (χ4n) is 3.61. The topological polar surface area (TPSA) is 137 Å². The highest BCUT2D eigenvalue weighted by molar-refractivity contribution is 6.32. The van der Waals surface area contributed by atoms with Crippen molar-refractivity contribution in [3.63, 3.8) is 0 Å². The molecule has 0 unspecified atom stereocenters. The fraction of sp³-hybridized carbons (Fsp3) is 0.111. The summed E-state index contributed by atoms with van der Waals surface area (Å²) >= 11 is 0. The summed E-state index contributed by atoms with van der Waals surface area (Å²) in [4.78, 5) is 63.1. The molecule has 186 valence electrons. The standard InChI is InChI=1S/C27H23N5O5/c1-16-7-9-18(10-8-16)23(33)29-20-13-11-19(12-14-20)24(34)31-28-15-21-25(35)30-27(37)32(26(21)36)22-6-4-3-5-17(22)2/h3-15,21H,1-2H3,(H,29,33)(H,31,34)(H,30,35,37)/b28-15-/t21-/m0/s1. The number of hydrogen-bond acceptors (Lipinski definition) is 6. The summed E-state index contributed by atoms with van der Waals surface area (Å²) in [6.07, 6.45) is 0.976. The van der Waals surface area contributed by atoms with E-state index in [-0.39, 0.29) is 11.5 Å². The van der Waals surface area contributed by atoms with Gasteiger partial charge in [0.2, 0.25) is 5.91 Å². The van der Waals surface area contributed by atoms with Crippen molar-refractivity contribution in [2.75, 3.05) is 10.2 Å². The molecule has 0 bridgehead atoms. The van der Waals surface area contributed by atoms with Crippen LogP contribution in [-0.2, 0) is 9.59 Å². The monoisotopic (exact) mass is 497 g/mol. The zero-order valence-corrected chi connectivity index (χ0v) is 20.0. The van der Waals surface area contributed by atoms with E-state index in [4.69, 9.17) is 0 Å². The number of carbonyl (C=O) groups is 5. The predicted molar refractivity (Wildman–Crippen MR) is 137 cm³/mol. The lowest BCUT2D eigenvalue weighted by Gasteiger charge is -2.29. The highest BCUT2D eigenvalue weighted by Gasteiger charge is 2.41. The summed E-state index contributed by atoms with van der Waals surface area (Å²) < 4.78 is 0. The number of anilines is 2. The molecule has 1 fully saturated rings. The number of amides is 6. The minimum absolute atomic E-state index is 0.238. The Morgan fingerprint density at radius 1 is 0.865 bits per heavy atom. The first-order valence-corrected chi connectivity index (χ1v) is 11.3. The third-order valence-electron chi connectivity index (χ3n) is 5.67. The van der Waals surface area contributed by atoms with Crippen LogP contribution in [0.1, 0.15) is 31.8 Å². The molecule has 3 N–H and O–H groups in total. The molecule has 0 aromatic heterocycles. The number of hydrogen-bond donors (Lipinski definition) is 3. The van der Waals surface area contributed by atoms with Gasteiger partial charge in [-0.05, 0) is 61.9 Å². The quantitative estimate of drug-likeness (QED) is 0.273. The molecule has 1 heterocycles. The van der Waals surface area contributed by atoms with Gasteiger partial charge in [-0.15, -0.1) is 0 Å². The van der Waals surface area contributed by atoms with E-state index in [0.717, 1.165) is 16.7 Å². The molecule has 1 atom stereocenters. The molecule has 0 saturated carbocycles. The van der Waals surface area contributed by atoms with Gasteiger partial charge in [-0.2, -0.15) is 5.10 Å². The van der Waals surface area contributed by atoms with Gasteiger partial charge in [-0.3, -0.25) is 24.5 Å². The molecule has 4 rings (SSSR count). The number of barbiturate groups is 1. The summed E-state index contributed by atoms with van der Waals surface area (Å²) in [6, 6.07) is 19.1. The van der Waals surface area contributed by atoms with Gasteiger partial charge >= 0.3 is 6.03 Å². The number of imide groups is 2. The van der Waals surface area contributed by atoms with E-state index in [1.165, 1.54) is 12.1 Å². The second-order valence-electron chi connectivity index (χ2n) is 8.35. The third-order valence-corrected chi connectivity index (χ3v) is 5.67. The number of carbonyl (C=O) groups excluding carboxylic acids is 5. The number of nitrogens with zero attached hydrogens (tertiary/aromatic N) is 2. The SMILES string of the molecule is Cc1ccc(C(=O)Nc2ccc(C(=O)N/N=C\[C@H]3C(=O)NC(=O)N(c4ccccc4C)C3=O)cc2)cc1. The Morgan fingerprint density at radius 3 is 2.16 bits per heavy atom. The summed E-state index contributed by atoms with van der Waals surface area (Å²) in [7, 11) is 0. The highest BCUT2D eigenvalue weighted by Crippen LogP contribution is 2.23. The Morgan fingerprint density at radius 2 is 1.49 bits per heavy atom. The van der Waals surface area contributed by atoms with Crippen molar-refractivity contribution in [2.45, 2.75) is 13.8 Å². The van der Waals surface area contributed by atoms with Crippen LogP contribution in [0, 0.1) is 19.8 Å². The predicted octanol–water partition coefficient (Wildman–Crippen LogP) is 3.17. The van der Waals surface area contributed by atoms with E-state index in [0.29, 0.717) is 22.5 Å². The second kappa shape index (κ2) is 10.6. The van der Waals surface area contributed by atoms with Crippen molar-refractivity contribution < 1.29 is 24.0 Å². The third kappa shape index (κ3) is 5.59. The molecule has 0 aliphatic carbocycles. The van der Waals surface area contributed by atoms with Gasteiger partial charge in [0, 0.05) is 23.0 Å². The average molecular weight is 498 g/mol. The first kappa shape index (κ1) is 25.0. The molecule has 1 aliphatic heterocycles. The molecule has 1 aliphatic rings. The molecule has 3 aromatic rings. The molecule has 10 nitrogen and oxygen atoms in total. The summed E-state index contributed by atoms with van der Waals surface area (Å²) in [5.41, 5.74) is 5.56. The Labute approximate surface area is 212 Å². The van der Waals surface area contributed by atoms with Crippen LogP contribution in [0.5, 0.6) is 0 Å². The Kier molecular flexibility index (Phi) is 7.19. The maximum atomic E-state index is 12.9. The highest BCUT2D eigenvalue weighted by atomic mass is 16.2. The zero-order valence-electron chi connectivity index (χ0n) is 20.0. The molecule has 3 aromatic carbocycles. The van der Waals surface area contributed by atoms with Crippen LogP contribution >= 0.6 is 0 Å². The van der Waals surface area contributed by atoms with E-state index in [2.05, 4.69) is 21.2 Å². The van der Waals surface area contributed by atoms with Crippen molar-refractivity contribution in [3.05, 3.63) is 95.1 Å². The van der Waals surface area contributed by atoms with Crippen LogP contribution in [0.4, 0.5) is 16.2 Å². The van der Waals surface area contributed by atoms with Gasteiger partial charge in [0.05, 0.1) is 5.69 Å². The van der Waals surface area contributed by atoms with Gasteiger partial charge in [0.1, 0.15) is 0 Å². The molecule has 0 spiro atoms. The Balaban J connectivity index is 1.38. The largest absolute Gasteiger partial charge is 0.335 e. The molecular weight excluding hydrogens is 474 g/mol. The number of para-hydroxylation sites is 1. The molecule has 0 radical (unpaired) electrons. The second-order valence-corrected chi connectivity index (χ2v) is 8.35. The van der Waals surface area contributed by atoms with Crippen molar-refractivity contribution in [2.24, 2.45) is 11.0 Å². The van der Waals surface area contributed by atoms with Gasteiger partial charge in [0.25, 0.3) is 17.7 Å². The van der Waals surface area contributed by atoms with Gasteiger partial charge in [-0.25, -0.2) is 15.1 Å². The lowest BCUT2D eigenvalue weighted by Crippen LogP contribution is -2.59. The van der Waals surface area contributed by atoms with E-state index >= 15 is 0 Å².